The molecule has 1 aliphatic rings. The van der Waals surface area contributed by atoms with E-state index in [0.29, 0.717) is 6.61 Å². The Hall–Kier alpha value is -3.31. The van der Waals surface area contributed by atoms with Crippen molar-refractivity contribution >= 4 is 23.0 Å². The van der Waals surface area contributed by atoms with Crippen LogP contribution in [-0.2, 0) is 14.3 Å². The maximum atomic E-state index is 11.8. The highest BCUT2D eigenvalue weighted by Crippen LogP contribution is 2.54. The number of likely N-dealkylation sites (N-methyl/N-ethyl adjacent to an activating group) is 1. The van der Waals surface area contributed by atoms with Gasteiger partial charge >= 0.3 is 5.97 Å². The summed E-state index contributed by atoms with van der Waals surface area (Å²) in [5, 5.41) is 3.37. The fourth-order valence-electron chi connectivity index (χ4n) is 6.91. The Balaban J connectivity index is 1.67. The van der Waals surface area contributed by atoms with Crippen LogP contribution in [0, 0.1) is 5.41 Å². The highest BCUT2D eigenvalue weighted by atomic mass is 32.1. The third-order valence-corrected chi connectivity index (χ3v) is 10.3. The SMILES string of the molecule is C=CNNCCCCCC(c1nc(-c2ccc3c(c2)C(CC(C)(C)COC(C)=O)C(c2cccnc2C(C)OC)N3CC)cs1)N(C)C. The molecule has 0 saturated heterocycles. The maximum Gasteiger partial charge on any atom is 0.302 e. The minimum absolute atomic E-state index is 0.0602. The van der Waals surface area contributed by atoms with Gasteiger partial charge in [-0.2, -0.15) is 0 Å². The zero-order valence-corrected chi connectivity index (χ0v) is 31.0. The topological polar surface area (TPSA) is 91.9 Å². The van der Waals surface area contributed by atoms with Gasteiger partial charge < -0.3 is 24.7 Å². The van der Waals surface area contributed by atoms with E-state index in [-0.39, 0.29) is 35.5 Å². The molecule has 2 N–H and O–H groups in total. The van der Waals surface area contributed by atoms with Crippen LogP contribution in [0.15, 0.2) is 54.7 Å². The van der Waals surface area contributed by atoms with E-state index in [1.807, 2.05) is 12.3 Å². The van der Waals surface area contributed by atoms with Crippen molar-refractivity contribution in [3.63, 3.8) is 0 Å². The van der Waals surface area contributed by atoms with E-state index in [4.69, 9.17) is 19.4 Å². The largest absolute Gasteiger partial charge is 0.465 e. The molecule has 1 aromatic carbocycles. The first-order valence-corrected chi connectivity index (χ1v) is 18.1. The Labute approximate surface area is 292 Å². The van der Waals surface area contributed by atoms with Crippen LogP contribution in [0.1, 0.15) is 113 Å². The Morgan fingerprint density at radius 1 is 1.21 bits per heavy atom. The lowest BCUT2D eigenvalue weighted by Gasteiger charge is -2.35. The Morgan fingerprint density at radius 2 is 2.00 bits per heavy atom. The fourth-order valence-corrected chi connectivity index (χ4v) is 7.97. The third-order valence-electron chi connectivity index (χ3n) is 9.37. The highest BCUT2D eigenvalue weighted by Gasteiger charge is 2.43. The van der Waals surface area contributed by atoms with Crippen molar-refractivity contribution in [2.45, 2.75) is 90.8 Å². The summed E-state index contributed by atoms with van der Waals surface area (Å²) in [6.45, 7) is 15.9. The lowest BCUT2D eigenvalue weighted by molar-refractivity contribution is -0.144. The van der Waals surface area contributed by atoms with Crippen LogP contribution in [0.5, 0.6) is 0 Å². The van der Waals surface area contributed by atoms with Crippen LogP contribution in [-0.4, -0.2) is 61.7 Å². The molecule has 1 aliphatic heterocycles. The summed E-state index contributed by atoms with van der Waals surface area (Å²) in [7, 11) is 6.03. The summed E-state index contributed by atoms with van der Waals surface area (Å²) in [4.78, 5) is 26.6. The van der Waals surface area contributed by atoms with Gasteiger partial charge in [0.05, 0.1) is 36.2 Å². The number of rotatable bonds is 19. The second kappa shape index (κ2) is 17.4. The first-order chi connectivity index (χ1) is 23.0. The van der Waals surface area contributed by atoms with Gasteiger partial charge in [-0.25, -0.2) is 10.4 Å². The summed E-state index contributed by atoms with van der Waals surface area (Å²) in [5.41, 5.74) is 12.7. The lowest BCUT2D eigenvalue weighted by atomic mass is 9.76. The van der Waals surface area contributed by atoms with Gasteiger partial charge in [0, 0.05) is 62.1 Å². The number of nitrogens with zero attached hydrogens (tertiary/aromatic N) is 4. The number of fused-ring (bicyclic) bond motifs is 1. The Bertz CT molecular complexity index is 1490. The second-order valence-corrected chi connectivity index (χ2v) is 14.7. The molecule has 10 heteroatoms. The van der Waals surface area contributed by atoms with Crippen molar-refractivity contribution in [2.24, 2.45) is 5.41 Å². The maximum absolute atomic E-state index is 11.8. The molecule has 0 aliphatic carbocycles. The number of carbonyl (C=O) groups is 1. The van der Waals surface area contributed by atoms with E-state index < -0.39 is 0 Å². The number of aromatic nitrogens is 2. The van der Waals surface area contributed by atoms with Crippen LogP contribution in [0.25, 0.3) is 11.3 Å². The lowest BCUT2D eigenvalue weighted by Crippen LogP contribution is -2.31. The van der Waals surface area contributed by atoms with Crippen molar-refractivity contribution in [3.8, 4) is 11.3 Å². The van der Waals surface area contributed by atoms with Gasteiger partial charge in [0.25, 0.3) is 0 Å². The number of hydrazine groups is 1. The molecule has 3 aromatic rings. The zero-order valence-electron chi connectivity index (χ0n) is 30.2. The molecule has 0 radical (unpaired) electrons. The molecular formula is C38H56N6O3S. The molecule has 4 unspecified atom stereocenters. The van der Waals surface area contributed by atoms with Crippen LogP contribution in [0.2, 0.25) is 0 Å². The molecule has 3 heterocycles. The van der Waals surface area contributed by atoms with E-state index in [1.165, 1.54) is 23.7 Å². The van der Waals surface area contributed by atoms with Crippen LogP contribution in [0.4, 0.5) is 5.69 Å². The molecule has 0 spiro atoms. The van der Waals surface area contributed by atoms with Gasteiger partial charge in [-0.15, -0.1) is 11.3 Å². The highest BCUT2D eigenvalue weighted by molar-refractivity contribution is 7.10. The number of hydrogen-bond donors (Lipinski definition) is 2. The van der Waals surface area contributed by atoms with Gasteiger partial charge in [0.1, 0.15) is 5.01 Å². The molecule has 0 amide bonds. The van der Waals surface area contributed by atoms with Crippen molar-refractivity contribution < 1.29 is 14.3 Å². The number of ether oxygens (including phenoxy) is 2. The van der Waals surface area contributed by atoms with Crippen molar-refractivity contribution in [1.29, 1.82) is 0 Å². The van der Waals surface area contributed by atoms with Gasteiger partial charge in [-0.1, -0.05) is 45.4 Å². The van der Waals surface area contributed by atoms with E-state index >= 15 is 0 Å². The number of nitrogens with one attached hydrogen (secondary N) is 2. The standard InChI is InChI=1S/C38H56N6O3S/c1-10-40-41-21-14-12-13-17-34(43(7)8)37-42-32(24-48-37)28-18-19-33-30(22-28)31(23-38(5,6)25-47-27(4)45)36(44(33)11-2)29-16-15-20-39-35(29)26(3)46-9/h10,15-16,18-20,22,24,26,31,34,36,40-41H,1,11-14,17,21,23,25H2,2-9H3. The number of thiazole rings is 1. The summed E-state index contributed by atoms with van der Waals surface area (Å²) in [5.74, 6) is -0.109. The molecule has 48 heavy (non-hydrogen) atoms. The van der Waals surface area contributed by atoms with E-state index in [2.05, 4.69) is 98.7 Å². The van der Waals surface area contributed by atoms with Crippen LogP contribution >= 0.6 is 11.3 Å². The summed E-state index contributed by atoms with van der Waals surface area (Å²) in [6.07, 6.45) is 8.68. The number of benzene rings is 1. The van der Waals surface area contributed by atoms with Crippen molar-refractivity contribution in [2.75, 3.05) is 45.8 Å². The molecule has 0 bridgehead atoms. The number of carbonyl (C=O) groups excluding carboxylic acids is 1. The first kappa shape index (κ1) is 37.5. The van der Waals surface area contributed by atoms with E-state index in [9.17, 15) is 4.79 Å². The van der Waals surface area contributed by atoms with Gasteiger partial charge in [0.15, 0.2) is 0 Å². The quantitative estimate of drug-likeness (QED) is 0.0746. The number of esters is 1. The minimum atomic E-state index is -0.249. The van der Waals surface area contributed by atoms with Crippen molar-refractivity contribution in [1.82, 2.24) is 25.7 Å². The summed E-state index contributed by atoms with van der Waals surface area (Å²) in [6, 6.07) is 11.4. The number of hydrogen-bond acceptors (Lipinski definition) is 10. The molecule has 4 rings (SSSR count). The third kappa shape index (κ3) is 9.22. The normalized spacial score (nSPS) is 17.3. The molecule has 0 saturated carbocycles. The second-order valence-electron chi connectivity index (χ2n) is 13.8. The molecule has 9 nitrogen and oxygen atoms in total. The molecule has 0 fully saturated rings. The monoisotopic (exact) mass is 676 g/mol. The smallest absolute Gasteiger partial charge is 0.302 e. The Morgan fingerprint density at radius 3 is 2.69 bits per heavy atom. The molecule has 4 atom stereocenters. The van der Waals surface area contributed by atoms with Gasteiger partial charge in [0.2, 0.25) is 0 Å². The summed E-state index contributed by atoms with van der Waals surface area (Å²) < 4.78 is 11.4. The molecular weight excluding hydrogens is 621 g/mol. The average molecular weight is 677 g/mol. The molecule has 262 valence electrons. The van der Waals surface area contributed by atoms with Gasteiger partial charge in [-0.3, -0.25) is 9.78 Å². The predicted molar refractivity (Wildman–Crippen MR) is 197 cm³/mol. The van der Waals surface area contributed by atoms with Crippen molar-refractivity contribution in [3.05, 3.63) is 76.5 Å². The van der Waals surface area contributed by atoms with E-state index in [1.54, 1.807) is 24.6 Å². The minimum Gasteiger partial charge on any atom is -0.465 e. The van der Waals surface area contributed by atoms with E-state index in [0.717, 1.165) is 67.2 Å². The number of pyridine rings is 1. The fraction of sp³-hybridized carbons (Fsp3) is 0.553. The number of anilines is 1. The summed E-state index contributed by atoms with van der Waals surface area (Å²) >= 11 is 1.75. The Kier molecular flexibility index (Phi) is 13.6. The van der Waals surface area contributed by atoms with Crippen LogP contribution < -0.4 is 15.8 Å². The van der Waals surface area contributed by atoms with Gasteiger partial charge in [-0.05, 0) is 81.9 Å². The van der Waals surface area contributed by atoms with Crippen LogP contribution in [0.3, 0.4) is 0 Å². The number of methoxy groups -OCH3 is 1. The first-order valence-electron chi connectivity index (χ1n) is 17.2. The zero-order chi connectivity index (χ0) is 34.8. The molecule has 2 aromatic heterocycles. The number of unbranched alkanes of at least 4 members (excludes halogenated alkanes) is 2. The average Bonchev–Trinajstić information content (AvgIpc) is 3.67. The predicted octanol–water partition coefficient (Wildman–Crippen LogP) is 7.96.